The molecule has 92 valence electrons. The average Bonchev–Trinajstić information content (AvgIpc) is 2.27. The van der Waals surface area contributed by atoms with E-state index in [1.54, 1.807) is 6.07 Å². The fraction of sp³-hybridized carbons (Fsp3) is 0.273. The second-order valence-corrected chi connectivity index (χ2v) is 4.44. The number of benzene rings is 1. The van der Waals surface area contributed by atoms with E-state index in [1.807, 2.05) is 19.1 Å². The van der Waals surface area contributed by atoms with Crippen LogP contribution in [0.2, 0.25) is 0 Å². The first-order chi connectivity index (χ1) is 8.02. The quantitative estimate of drug-likeness (QED) is 0.638. The molecule has 5 nitrogen and oxygen atoms in total. The molecule has 3 N–H and O–H groups in total. The molecule has 0 aliphatic carbocycles. The molecule has 0 aliphatic heterocycles. The van der Waals surface area contributed by atoms with Gasteiger partial charge in [0.2, 0.25) is 0 Å². The normalized spacial score (nSPS) is 9.76. The molecule has 0 unspecified atom stereocenters. The van der Waals surface area contributed by atoms with Crippen molar-refractivity contribution in [3.05, 3.63) is 32.9 Å². The SMILES string of the molecule is Cc1cccc(C(=O)NCCOC(N)=O)c1I. The molecule has 0 spiro atoms. The van der Waals surface area contributed by atoms with Gasteiger partial charge in [-0.2, -0.15) is 0 Å². The Morgan fingerprint density at radius 2 is 2.18 bits per heavy atom. The van der Waals surface area contributed by atoms with Crippen LogP contribution in [0.4, 0.5) is 4.79 Å². The number of halogens is 1. The molecule has 0 aliphatic rings. The summed E-state index contributed by atoms with van der Waals surface area (Å²) >= 11 is 2.13. The molecule has 0 bridgehead atoms. The minimum atomic E-state index is -0.843. The van der Waals surface area contributed by atoms with Crippen molar-refractivity contribution in [3.8, 4) is 0 Å². The summed E-state index contributed by atoms with van der Waals surface area (Å²) in [5.41, 5.74) is 6.45. The van der Waals surface area contributed by atoms with E-state index in [1.165, 1.54) is 0 Å². The standard InChI is InChI=1S/C11H13IN2O3/c1-7-3-2-4-8(9(7)12)10(15)14-5-6-17-11(13)16/h2-4H,5-6H2,1H3,(H2,13,16)(H,14,15). The van der Waals surface area contributed by atoms with Crippen LogP contribution in [0.1, 0.15) is 15.9 Å². The highest BCUT2D eigenvalue weighted by Crippen LogP contribution is 2.16. The van der Waals surface area contributed by atoms with Crippen LogP contribution in [0.15, 0.2) is 18.2 Å². The summed E-state index contributed by atoms with van der Waals surface area (Å²) in [5.74, 6) is -0.189. The topological polar surface area (TPSA) is 81.4 Å². The van der Waals surface area contributed by atoms with E-state index < -0.39 is 6.09 Å². The van der Waals surface area contributed by atoms with E-state index >= 15 is 0 Å². The van der Waals surface area contributed by atoms with Gasteiger partial charge in [-0.25, -0.2) is 4.79 Å². The lowest BCUT2D eigenvalue weighted by molar-refractivity contribution is 0.0936. The lowest BCUT2D eigenvalue weighted by Crippen LogP contribution is -2.29. The fourth-order valence-corrected chi connectivity index (χ4v) is 1.84. The van der Waals surface area contributed by atoms with E-state index in [9.17, 15) is 9.59 Å². The molecule has 0 saturated carbocycles. The first-order valence-corrected chi connectivity index (χ1v) is 6.06. The maximum Gasteiger partial charge on any atom is 0.404 e. The van der Waals surface area contributed by atoms with Gasteiger partial charge in [-0.3, -0.25) is 4.79 Å². The number of aryl methyl sites for hydroxylation is 1. The zero-order valence-corrected chi connectivity index (χ0v) is 11.5. The second kappa shape index (κ2) is 6.43. The maximum atomic E-state index is 11.8. The zero-order valence-electron chi connectivity index (χ0n) is 9.33. The Labute approximate surface area is 113 Å². The first-order valence-electron chi connectivity index (χ1n) is 4.98. The Morgan fingerprint density at radius 3 is 2.82 bits per heavy atom. The molecule has 0 aromatic heterocycles. The summed E-state index contributed by atoms with van der Waals surface area (Å²) < 4.78 is 5.42. The summed E-state index contributed by atoms with van der Waals surface area (Å²) in [5, 5.41) is 2.65. The third-order valence-corrected chi connectivity index (χ3v) is 3.50. The van der Waals surface area contributed by atoms with Gasteiger partial charge in [-0.05, 0) is 41.1 Å². The number of carbonyl (C=O) groups excluding carboxylic acids is 2. The predicted octanol–water partition coefficient (Wildman–Crippen LogP) is 1.42. The van der Waals surface area contributed by atoms with Gasteiger partial charge >= 0.3 is 6.09 Å². The Kier molecular flexibility index (Phi) is 5.20. The van der Waals surface area contributed by atoms with E-state index in [2.05, 4.69) is 32.6 Å². The third-order valence-electron chi connectivity index (χ3n) is 2.07. The smallest absolute Gasteiger partial charge is 0.404 e. The zero-order chi connectivity index (χ0) is 12.8. The number of primary amides is 1. The number of carbonyl (C=O) groups is 2. The second-order valence-electron chi connectivity index (χ2n) is 3.36. The van der Waals surface area contributed by atoms with Gasteiger partial charge in [0.1, 0.15) is 6.61 Å². The lowest BCUT2D eigenvalue weighted by atomic mass is 10.1. The molecular formula is C11H13IN2O3. The molecule has 0 fully saturated rings. The highest BCUT2D eigenvalue weighted by molar-refractivity contribution is 14.1. The average molecular weight is 348 g/mol. The largest absolute Gasteiger partial charge is 0.448 e. The van der Waals surface area contributed by atoms with E-state index in [0.29, 0.717) is 5.56 Å². The third kappa shape index (κ3) is 4.22. The Hall–Kier alpha value is -1.31. The molecule has 2 amide bonds. The highest BCUT2D eigenvalue weighted by atomic mass is 127. The molecule has 1 aromatic rings. The van der Waals surface area contributed by atoms with Crippen molar-refractivity contribution >= 4 is 34.6 Å². The van der Waals surface area contributed by atoms with E-state index in [0.717, 1.165) is 9.13 Å². The van der Waals surface area contributed by atoms with Gasteiger partial charge in [0, 0.05) is 3.57 Å². The van der Waals surface area contributed by atoms with Crippen molar-refractivity contribution in [2.75, 3.05) is 13.2 Å². The molecule has 1 aromatic carbocycles. The Morgan fingerprint density at radius 1 is 1.47 bits per heavy atom. The molecule has 0 radical (unpaired) electrons. The Bertz CT molecular complexity index is 435. The molecule has 0 heterocycles. The van der Waals surface area contributed by atoms with Crippen molar-refractivity contribution in [2.45, 2.75) is 6.92 Å². The van der Waals surface area contributed by atoms with Crippen LogP contribution in [0.25, 0.3) is 0 Å². The van der Waals surface area contributed by atoms with Crippen molar-refractivity contribution in [2.24, 2.45) is 5.73 Å². The maximum absolute atomic E-state index is 11.8. The Balaban J connectivity index is 2.53. The molecule has 0 saturated heterocycles. The number of hydrogen-bond acceptors (Lipinski definition) is 3. The van der Waals surface area contributed by atoms with Crippen molar-refractivity contribution in [1.82, 2.24) is 5.32 Å². The summed E-state index contributed by atoms with van der Waals surface area (Å²) in [6.45, 7) is 2.25. The molecular weight excluding hydrogens is 335 g/mol. The van der Waals surface area contributed by atoms with Crippen LogP contribution < -0.4 is 11.1 Å². The summed E-state index contributed by atoms with van der Waals surface area (Å²) in [7, 11) is 0. The minimum absolute atomic E-state index is 0.0729. The van der Waals surface area contributed by atoms with Crippen LogP contribution >= 0.6 is 22.6 Å². The van der Waals surface area contributed by atoms with Crippen molar-refractivity contribution in [3.63, 3.8) is 0 Å². The molecule has 1 rings (SSSR count). The van der Waals surface area contributed by atoms with Gasteiger partial charge < -0.3 is 15.8 Å². The van der Waals surface area contributed by atoms with E-state index in [-0.39, 0.29) is 19.1 Å². The van der Waals surface area contributed by atoms with Gasteiger partial charge in [0.05, 0.1) is 12.1 Å². The first kappa shape index (κ1) is 13.8. The minimum Gasteiger partial charge on any atom is -0.448 e. The summed E-state index contributed by atoms with van der Waals surface area (Å²) in [6, 6.07) is 5.51. The number of rotatable bonds is 4. The van der Waals surface area contributed by atoms with Crippen LogP contribution in [0.3, 0.4) is 0 Å². The van der Waals surface area contributed by atoms with Crippen molar-refractivity contribution in [1.29, 1.82) is 0 Å². The van der Waals surface area contributed by atoms with Crippen LogP contribution in [-0.4, -0.2) is 25.2 Å². The van der Waals surface area contributed by atoms with Crippen molar-refractivity contribution < 1.29 is 14.3 Å². The van der Waals surface area contributed by atoms with Gasteiger partial charge in [-0.1, -0.05) is 12.1 Å². The van der Waals surface area contributed by atoms with Crippen LogP contribution in [0, 0.1) is 10.5 Å². The van der Waals surface area contributed by atoms with Crippen LogP contribution in [-0.2, 0) is 4.74 Å². The van der Waals surface area contributed by atoms with E-state index in [4.69, 9.17) is 5.73 Å². The molecule has 0 atom stereocenters. The fourth-order valence-electron chi connectivity index (χ4n) is 1.23. The number of nitrogens with one attached hydrogen (secondary N) is 1. The van der Waals surface area contributed by atoms with Gasteiger partial charge in [0.25, 0.3) is 5.91 Å². The summed E-state index contributed by atoms with van der Waals surface area (Å²) in [6.07, 6.45) is -0.843. The van der Waals surface area contributed by atoms with Gasteiger partial charge in [0.15, 0.2) is 0 Å². The number of hydrogen-bond donors (Lipinski definition) is 2. The molecule has 17 heavy (non-hydrogen) atoms. The lowest BCUT2D eigenvalue weighted by Gasteiger charge is -2.08. The monoisotopic (exact) mass is 348 g/mol. The number of nitrogens with two attached hydrogens (primary N) is 1. The number of ether oxygens (including phenoxy) is 1. The summed E-state index contributed by atoms with van der Waals surface area (Å²) in [4.78, 5) is 22.1. The number of amides is 2. The van der Waals surface area contributed by atoms with Crippen LogP contribution in [0.5, 0.6) is 0 Å². The van der Waals surface area contributed by atoms with Gasteiger partial charge in [-0.15, -0.1) is 0 Å². The molecule has 6 heteroatoms. The highest BCUT2D eigenvalue weighted by Gasteiger charge is 2.10. The predicted molar refractivity (Wildman–Crippen MR) is 71.8 cm³/mol.